The number of benzene rings is 2. The van der Waals surface area contributed by atoms with Crippen LogP contribution in [0.15, 0.2) is 36.4 Å². The van der Waals surface area contributed by atoms with E-state index in [0.29, 0.717) is 22.8 Å². The molecule has 0 aromatic heterocycles. The smallest absolute Gasteiger partial charge is 0.337 e. The Kier molecular flexibility index (Phi) is 4.95. The van der Waals surface area contributed by atoms with E-state index in [1.54, 1.807) is 12.1 Å². The first kappa shape index (κ1) is 15.8. The van der Waals surface area contributed by atoms with Crippen LogP contribution in [0, 0.1) is 5.82 Å². The number of ether oxygens (including phenoxy) is 3. The van der Waals surface area contributed by atoms with Crippen molar-refractivity contribution in [2.75, 3.05) is 14.2 Å². The number of hydrogen-bond acceptors (Lipinski definition) is 5. The quantitative estimate of drug-likeness (QED) is 0.860. The summed E-state index contributed by atoms with van der Waals surface area (Å²) in [6.07, 6.45) is 0. The van der Waals surface area contributed by atoms with E-state index in [9.17, 15) is 9.18 Å². The van der Waals surface area contributed by atoms with Crippen LogP contribution in [0.5, 0.6) is 17.2 Å². The normalized spacial score (nSPS) is 10.2. The second-order valence-electron chi connectivity index (χ2n) is 4.38. The van der Waals surface area contributed by atoms with Gasteiger partial charge in [-0.2, -0.15) is 0 Å². The molecule has 6 heteroatoms. The molecule has 0 atom stereocenters. The summed E-state index contributed by atoms with van der Waals surface area (Å²) in [5.74, 6) is 0.0422. The maximum absolute atomic E-state index is 13.7. The molecule has 2 aromatic rings. The molecule has 0 bridgehead atoms. The SMILES string of the molecule is COC(=O)c1ccc(Oc2cccc(F)c2CN)c(OC)c1. The zero-order chi connectivity index (χ0) is 16.1. The topological polar surface area (TPSA) is 70.8 Å². The Labute approximate surface area is 127 Å². The second-order valence-corrected chi connectivity index (χ2v) is 4.38. The van der Waals surface area contributed by atoms with Crippen molar-refractivity contribution in [2.24, 2.45) is 5.73 Å². The van der Waals surface area contributed by atoms with Gasteiger partial charge in [-0.15, -0.1) is 0 Å². The molecule has 0 heterocycles. The Morgan fingerprint density at radius 2 is 1.91 bits per heavy atom. The molecule has 0 saturated carbocycles. The maximum atomic E-state index is 13.7. The molecule has 22 heavy (non-hydrogen) atoms. The number of hydrogen-bond donors (Lipinski definition) is 1. The monoisotopic (exact) mass is 305 g/mol. The van der Waals surface area contributed by atoms with E-state index < -0.39 is 11.8 Å². The van der Waals surface area contributed by atoms with E-state index in [2.05, 4.69) is 4.74 Å². The highest BCUT2D eigenvalue weighted by molar-refractivity contribution is 5.90. The summed E-state index contributed by atoms with van der Waals surface area (Å²) in [5.41, 5.74) is 6.13. The van der Waals surface area contributed by atoms with Crippen molar-refractivity contribution in [1.82, 2.24) is 0 Å². The predicted octanol–water partition coefficient (Wildman–Crippen LogP) is 2.87. The summed E-state index contributed by atoms with van der Waals surface area (Å²) in [4.78, 5) is 11.5. The Bertz CT molecular complexity index is 688. The van der Waals surface area contributed by atoms with E-state index in [4.69, 9.17) is 15.2 Å². The molecule has 0 fully saturated rings. The average Bonchev–Trinajstić information content (AvgIpc) is 2.54. The van der Waals surface area contributed by atoms with Crippen molar-refractivity contribution in [1.29, 1.82) is 0 Å². The van der Waals surface area contributed by atoms with Crippen LogP contribution < -0.4 is 15.2 Å². The lowest BCUT2D eigenvalue weighted by atomic mass is 10.1. The molecule has 5 nitrogen and oxygen atoms in total. The lowest BCUT2D eigenvalue weighted by Gasteiger charge is -2.14. The number of nitrogens with two attached hydrogens (primary N) is 1. The zero-order valence-electron chi connectivity index (χ0n) is 12.3. The van der Waals surface area contributed by atoms with Gasteiger partial charge in [-0.25, -0.2) is 9.18 Å². The van der Waals surface area contributed by atoms with Crippen molar-refractivity contribution in [2.45, 2.75) is 6.54 Å². The van der Waals surface area contributed by atoms with Gasteiger partial charge in [0, 0.05) is 12.1 Å². The van der Waals surface area contributed by atoms with E-state index in [1.807, 2.05) is 0 Å². The van der Waals surface area contributed by atoms with Crippen LogP contribution in [-0.2, 0) is 11.3 Å². The van der Waals surface area contributed by atoms with Gasteiger partial charge in [0.05, 0.1) is 19.8 Å². The molecule has 2 rings (SSSR count). The average molecular weight is 305 g/mol. The molecule has 0 spiro atoms. The minimum atomic E-state index is -0.488. The number of carbonyl (C=O) groups excluding carboxylic acids is 1. The second kappa shape index (κ2) is 6.91. The van der Waals surface area contributed by atoms with E-state index in [-0.39, 0.29) is 12.1 Å². The molecule has 0 aliphatic carbocycles. The first-order valence-electron chi connectivity index (χ1n) is 6.52. The van der Waals surface area contributed by atoms with E-state index >= 15 is 0 Å². The lowest BCUT2D eigenvalue weighted by Crippen LogP contribution is -2.04. The summed E-state index contributed by atoms with van der Waals surface area (Å²) in [7, 11) is 2.73. The number of rotatable bonds is 5. The van der Waals surface area contributed by atoms with Crippen LogP contribution in [0.4, 0.5) is 4.39 Å². The van der Waals surface area contributed by atoms with Gasteiger partial charge in [0.2, 0.25) is 0 Å². The van der Waals surface area contributed by atoms with Gasteiger partial charge in [0.25, 0.3) is 0 Å². The highest BCUT2D eigenvalue weighted by Gasteiger charge is 2.14. The fraction of sp³-hybridized carbons (Fsp3) is 0.188. The van der Waals surface area contributed by atoms with E-state index in [1.165, 1.54) is 38.5 Å². The van der Waals surface area contributed by atoms with Crippen LogP contribution in [0.25, 0.3) is 0 Å². The molecule has 2 N–H and O–H groups in total. The van der Waals surface area contributed by atoms with Gasteiger partial charge in [0.15, 0.2) is 11.5 Å². The maximum Gasteiger partial charge on any atom is 0.337 e. The Hall–Kier alpha value is -2.60. The van der Waals surface area contributed by atoms with Crippen LogP contribution in [0.3, 0.4) is 0 Å². The molecule has 2 aromatic carbocycles. The van der Waals surface area contributed by atoms with Crippen LogP contribution in [0.2, 0.25) is 0 Å². The van der Waals surface area contributed by atoms with Crippen LogP contribution in [0.1, 0.15) is 15.9 Å². The molecule has 116 valence electrons. The molecular weight excluding hydrogens is 289 g/mol. The van der Waals surface area contributed by atoms with Gasteiger partial charge < -0.3 is 19.9 Å². The Balaban J connectivity index is 2.38. The highest BCUT2D eigenvalue weighted by Crippen LogP contribution is 2.34. The van der Waals surface area contributed by atoms with E-state index in [0.717, 1.165) is 0 Å². The first-order chi connectivity index (χ1) is 10.6. The van der Waals surface area contributed by atoms with Crippen LogP contribution >= 0.6 is 0 Å². The van der Waals surface area contributed by atoms with Crippen molar-refractivity contribution in [3.63, 3.8) is 0 Å². The minimum absolute atomic E-state index is 0.00453. The third-order valence-electron chi connectivity index (χ3n) is 3.08. The van der Waals surface area contributed by atoms with Gasteiger partial charge in [0.1, 0.15) is 11.6 Å². The molecule has 0 aliphatic heterocycles. The fourth-order valence-electron chi connectivity index (χ4n) is 1.95. The molecule has 0 unspecified atom stereocenters. The number of esters is 1. The summed E-state index contributed by atoms with van der Waals surface area (Å²) >= 11 is 0. The Morgan fingerprint density at radius 1 is 1.14 bits per heavy atom. The van der Waals surface area contributed by atoms with Gasteiger partial charge in [-0.3, -0.25) is 0 Å². The largest absolute Gasteiger partial charge is 0.493 e. The van der Waals surface area contributed by atoms with Gasteiger partial charge in [-0.05, 0) is 30.3 Å². The predicted molar refractivity (Wildman–Crippen MR) is 78.7 cm³/mol. The fourth-order valence-corrected chi connectivity index (χ4v) is 1.95. The summed E-state index contributed by atoms with van der Waals surface area (Å²) in [6.45, 7) is 0.00453. The van der Waals surface area contributed by atoms with Gasteiger partial charge >= 0.3 is 5.97 Å². The molecule has 0 aliphatic rings. The molecular formula is C16H16FNO4. The highest BCUT2D eigenvalue weighted by atomic mass is 19.1. The lowest BCUT2D eigenvalue weighted by molar-refractivity contribution is 0.0600. The zero-order valence-corrected chi connectivity index (χ0v) is 12.3. The standard InChI is InChI=1S/C16H16FNO4/c1-20-15-8-10(16(19)21-2)6-7-14(15)22-13-5-3-4-12(17)11(13)9-18/h3-8H,9,18H2,1-2H3. The molecule has 0 amide bonds. The van der Waals surface area contributed by atoms with Crippen molar-refractivity contribution in [3.8, 4) is 17.2 Å². The van der Waals surface area contributed by atoms with Crippen molar-refractivity contribution < 1.29 is 23.4 Å². The number of carbonyl (C=O) groups is 1. The third-order valence-corrected chi connectivity index (χ3v) is 3.08. The summed E-state index contributed by atoms with van der Waals surface area (Å²) in [6, 6.07) is 9.02. The van der Waals surface area contributed by atoms with Crippen molar-refractivity contribution in [3.05, 3.63) is 53.3 Å². The molecule has 0 radical (unpaired) electrons. The number of methoxy groups -OCH3 is 2. The minimum Gasteiger partial charge on any atom is -0.493 e. The van der Waals surface area contributed by atoms with Crippen LogP contribution in [-0.4, -0.2) is 20.2 Å². The van der Waals surface area contributed by atoms with Gasteiger partial charge in [-0.1, -0.05) is 6.07 Å². The third kappa shape index (κ3) is 3.17. The Morgan fingerprint density at radius 3 is 2.55 bits per heavy atom. The van der Waals surface area contributed by atoms with Crippen molar-refractivity contribution >= 4 is 5.97 Å². The summed E-state index contributed by atoms with van der Waals surface area (Å²) < 4.78 is 29.2. The molecule has 0 saturated heterocycles. The number of halogens is 1. The summed E-state index contributed by atoms with van der Waals surface area (Å²) in [5, 5.41) is 0. The first-order valence-corrected chi connectivity index (χ1v) is 6.52.